The Morgan fingerprint density at radius 3 is 2.62 bits per heavy atom. The minimum Gasteiger partial charge on any atom is -0.394 e. The first-order chi connectivity index (χ1) is 12.6. The van der Waals surface area contributed by atoms with E-state index in [1.807, 2.05) is 0 Å². The van der Waals surface area contributed by atoms with Crippen molar-refractivity contribution < 1.29 is 20.1 Å². The third-order valence-electron chi connectivity index (χ3n) is 6.27. The zero-order chi connectivity index (χ0) is 17.9. The third-order valence-corrected chi connectivity index (χ3v) is 6.27. The molecule has 140 valence electrons. The number of anilines is 1. The summed E-state index contributed by atoms with van der Waals surface area (Å²) >= 11 is 0. The van der Waals surface area contributed by atoms with Gasteiger partial charge in [0.2, 0.25) is 0 Å². The van der Waals surface area contributed by atoms with E-state index in [4.69, 9.17) is 4.74 Å². The van der Waals surface area contributed by atoms with E-state index < -0.39 is 24.5 Å². The van der Waals surface area contributed by atoms with Gasteiger partial charge in [0, 0.05) is 12.1 Å². The monoisotopic (exact) mass is 361 g/mol. The van der Waals surface area contributed by atoms with Crippen molar-refractivity contribution in [3.8, 4) is 0 Å². The highest BCUT2D eigenvalue weighted by atomic mass is 16.6. The molecule has 3 aliphatic rings. The molecule has 5 rings (SSSR count). The fraction of sp³-hybridized carbons (Fsp3) is 0.706. The SMILES string of the molecule is OC[C@H]1O[C@@H](n2cnc3c(N4CCCC45CCC5)ncnc32)[C@H](O)[C@@H]1O. The Balaban J connectivity index is 1.54. The lowest BCUT2D eigenvalue weighted by atomic mass is 9.75. The van der Waals surface area contributed by atoms with Gasteiger partial charge in [-0.3, -0.25) is 4.57 Å². The Morgan fingerprint density at radius 1 is 1.12 bits per heavy atom. The van der Waals surface area contributed by atoms with Crippen LogP contribution in [0.3, 0.4) is 0 Å². The van der Waals surface area contributed by atoms with E-state index in [9.17, 15) is 15.3 Å². The van der Waals surface area contributed by atoms with Gasteiger partial charge in [0.25, 0.3) is 0 Å². The Bertz CT molecular complexity index is 823. The van der Waals surface area contributed by atoms with Crippen LogP contribution in [0, 0.1) is 0 Å². The second-order valence-electron chi connectivity index (χ2n) is 7.58. The number of fused-ring (bicyclic) bond motifs is 1. The van der Waals surface area contributed by atoms with Crippen molar-refractivity contribution in [3.63, 3.8) is 0 Å². The van der Waals surface area contributed by atoms with Crippen LogP contribution in [-0.4, -0.2) is 71.8 Å². The molecule has 3 N–H and O–H groups in total. The van der Waals surface area contributed by atoms with E-state index >= 15 is 0 Å². The van der Waals surface area contributed by atoms with E-state index in [1.54, 1.807) is 10.9 Å². The molecule has 9 nitrogen and oxygen atoms in total. The standard InChI is InChI=1S/C17H23N5O4/c23-7-10-12(24)13(25)16(26-10)21-9-20-11-14(21)18-8-19-15(11)22-6-2-5-17(22)3-1-4-17/h8-10,12-13,16,23-25H,1-7H2/t10-,12-,13-,16-/m1/s1. The maximum Gasteiger partial charge on any atom is 0.167 e. The van der Waals surface area contributed by atoms with Crippen molar-refractivity contribution in [3.05, 3.63) is 12.7 Å². The smallest absolute Gasteiger partial charge is 0.167 e. The minimum absolute atomic E-state index is 0.215. The molecule has 0 radical (unpaired) electrons. The fourth-order valence-electron chi connectivity index (χ4n) is 4.71. The van der Waals surface area contributed by atoms with Crippen molar-refractivity contribution in [1.29, 1.82) is 0 Å². The molecule has 2 aliphatic heterocycles. The predicted molar refractivity (Wildman–Crippen MR) is 91.5 cm³/mol. The summed E-state index contributed by atoms with van der Waals surface area (Å²) in [5.41, 5.74) is 1.46. The third kappa shape index (κ3) is 2.14. The number of rotatable bonds is 3. The van der Waals surface area contributed by atoms with Crippen LogP contribution < -0.4 is 4.90 Å². The second-order valence-corrected chi connectivity index (χ2v) is 7.58. The predicted octanol–water partition coefficient (Wildman–Crippen LogP) is -0.0393. The number of hydrogen-bond acceptors (Lipinski definition) is 8. The summed E-state index contributed by atoms with van der Waals surface area (Å²) in [7, 11) is 0. The summed E-state index contributed by atoms with van der Waals surface area (Å²) in [4.78, 5) is 15.7. The van der Waals surface area contributed by atoms with Crippen molar-refractivity contribution in [2.24, 2.45) is 0 Å². The van der Waals surface area contributed by atoms with Gasteiger partial charge in [0.05, 0.1) is 12.9 Å². The summed E-state index contributed by atoms with van der Waals surface area (Å²) in [6, 6.07) is 0. The Kier molecular flexibility index (Phi) is 3.68. The molecule has 0 unspecified atom stereocenters. The van der Waals surface area contributed by atoms with Gasteiger partial charge in [-0.2, -0.15) is 0 Å². The number of hydrogen-bond donors (Lipinski definition) is 3. The maximum atomic E-state index is 10.3. The number of aliphatic hydroxyl groups excluding tert-OH is 3. The molecule has 2 saturated heterocycles. The van der Waals surface area contributed by atoms with Crippen LogP contribution in [-0.2, 0) is 4.74 Å². The lowest BCUT2D eigenvalue weighted by Gasteiger charge is -2.46. The lowest BCUT2D eigenvalue weighted by molar-refractivity contribution is -0.0511. The summed E-state index contributed by atoms with van der Waals surface area (Å²) in [6.45, 7) is 0.602. The van der Waals surface area contributed by atoms with Crippen LogP contribution in [0.1, 0.15) is 38.3 Å². The number of aliphatic hydroxyl groups is 3. The van der Waals surface area contributed by atoms with E-state index in [-0.39, 0.29) is 12.1 Å². The number of aromatic nitrogens is 4. The highest BCUT2D eigenvalue weighted by Gasteiger charge is 2.47. The molecule has 3 fully saturated rings. The topological polar surface area (TPSA) is 117 Å². The van der Waals surface area contributed by atoms with Gasteiger partial charge in [-0.25, -0.2) is 15.0 Å². The molecule has 9 heteroatoms. The first kappa shape index (κ1) is 16.4. The first-order valence-electron chi connectivity index (χ1n) is 9.22. The Morgan fingerprint density at radius 2 is 1.92 bits per heavy atom. The molecule has 0 aromatic carbocycles. The van der Waals surface area contributed by atoms with E-state index in [0.29, 0.717) is 11.2 Å². The molecule has 0 bridgehead atoms. The minimum atomic E-state index is -1.16. The van der Waals surface area contributed by atoms with Gasteiger partial charge >= 0.3 is 0 Å². The van der Waals surface area contributed by atoms with Crippen LogP contribution >= 0.6 is 0 Å². The van der Waals surface area contributed by atoms with Gasteiger partial charge in [0.15, 0.2) is 23.2 Å². The normalized spacial score (nSPS) is 33.3. The zero-order valence-corrected chi connectivity index (χ0v) is 14.4. The Hall–Kier alpha value is -1.81. The largest absolute Gasteiger partial charge is 0.394 e. The van der Waals surface area contributed by atoms with Crippen molar-refractivity contribution in [1.82, 2.24) is 19.5 Å². The Labute approximate surface area is 150 Å². The van der Waals surface area contributed by atoms with Gasteiger partial charge in [-0.1, -0.05) is 0 Å². The quantitative estimate of drug-likeness (QED) is 0.697. The van der Waals surface area contributed by atoms with Gasteiger partial charge in [-0.15, -0.1) is 0 Å². The summed E-state index contributed by atoms with van der Waals surface area (Å²) in [5, 5.41) is 29.6. The fourth-order valence-corrected chi connectivity index (χ4v) is 4.71. The number of imidazole rings is 1. The maximum absolute atomic E-state index is 10.3. The lowest BCUT2D eigenvalue weighted by Crippen LogP contribution is -2.50. The summed E-state index contributed by atoms with van der Waals surface area (Å²) in [6.07, 6.45) is 5.07. The number of nitrogens with zero attached hydrogens (tertiary/aromatic N) is 5. The van der Waals surface area contributed by atoms with Crippen LogP contribution in [0.4, 0.5) is 5.82 Å². The highest BCUT2D eigenvalue weighted by Crippen LogP contribution is 2.48. The van der Waals surface area contributed by atoms with Crippen LogP contribution in [0.2, 0.25) is 0 Å². The summed E-state index contributed by atoms with van der Waals surface area (Å²) in [5.74, 6) is 0.831. The van der Waals surface area contributed by atoms with Crippen molar-refractivity contribution in [2.75, 3.05) is 18.1 Å². The first-order valence-corrected chi connectivity index (χ1v) is 9.22. The van der Waals surface area contributed by atoms with Crippen LogP contribution in [0.25, 0.3) is 11.2 Å². The summed E-state index contributed by atoms with van der Waals surface area (Å²) < 4.78 is 7.24. The van der Waals surface area contributed by atoms with Gasteiger partial charge in [0.1, 0.15) is 24.6 Å². The van der Waals surface area contributed by atoms with Crippen molar-refractivity contribution in [2.45, 2.75) is 62.2 Å². The number of ether oxygens (including phenoxy) is 1. The molecular formula is C17H23N5O4. The van der Waals surface area contributed by atoms with E-state index in [1.165, 1.54) is 32.0 Å². The molecule has 1 spiro atoms. The zero-order valence-electron chi connectivity index (χ0n) is 14.4. The van der Waals surface area contributed by atoms with E-state index in [2.05, 4.69) is 19.9 Å². The highest BCUT2D eigenvalue weighted by molar-refractivity contribution is 5.84. The molecule has 2 aromatic heterocycles. The van der Waals surface area contributed by atoms with Gasteiger partial charge < -0.3 is 25.0 Å². The average molecular weight is 361 g/mol. The molecule has 1 saturated carbocycles. The van der Waals surface area contributed by atoms with Gasteiger partial charge in [-0.05, 0) is 32.1 Å². The molecule has 0 amide bonds. The molecule has 26 heavy (non-hydrogen) atoms. The molecular weight excluding hydrogens is 338 g/mol. The average Bonchev–Trinajstić information content (AvgIpc) is 3.31. The van der Waals surface area contributed by atoms with E-state index in [0.717, 1.165) is 18.8 Å². The molecule has 1 aliphatic carbocycles. The van der Waals surface area contributed by atoms with Crippen molar-refractivity contribution >= 4 is 17.0 Å². The molecule has 2 aromatic rings. The second kappa shape index (κ2) is 5.85. The molecule has 4 heterocycles. The van der Waals surface area contributed by atoms with Crippen LogP contribution in [0.15, 0.2) is 12.7 Å². The molecule has 4 atom stereocenters. The van der Waals surface area contributed by atoms with Crippen LogP contribution in [0.5, 0.6) is 0 Å².